The third-order valence-electron chi connectivity index (χ3n) is 3.43. The molecule has 0 fully saturated rings. The number of hydrogen-bond acceptors (Lipinski definition) is 3. The highest BCUT2D eigenvalue weighted by atomic mass is 35.5. The van der Waals surface area contributed by atoms with Crippen molar-refractivity contribution in [2.24, 2.45) is 0 Å². The molecule has 0 unspecified atom stereocenters. The van der Waals surface area contributed by atoms with Gasteiger partial charge in [0.1, 0.15) is 5.65 Å². The normalized spacial score (nSPS) is 11.1. The van der Waals surface area contributed by atoms with Crippen LogP contribution in [0.4, 0.5) is 14.9 Å². The number of amides is 1. The van der Waals surface area contributed by atoms with Crippen LogP contribution in [-0.4, -0.2) is 35.3 Å². The fourth-order valence-corrected chi connectivity index (χ4v) is 2.58. The monoisotopic (exact) mass is 323 g/mol. The highest BCUT2D eigenvalue weighted by Crippen LogP contribution is 2.40. The number of halogens is 2. The summed E-state index contributed by atoms with van der Waals surface area (Å²) in [5.41, 5.74) is 1.03. The first-order chi connectivity index (χ1) is 10.4. The molecule has 2 aromatic heterocycles. The van der Waals surface area contributed by atoms with Crippen LogP contribution >= 0.6 is 11.6 Å². The second kappa shape index (κ2) is 5.03. The molecule has 2 N–H and O–H groups in total. The van der Waals surface area contributed by atoms with Crippen molar-refractivity contribution in [1.82, 2.24) is 9.97 Å². The molecule has 3 rings (SSSR count). The van der Waals surface area contributed by atoms with E-state index >= 15 is 0 Å². The molecule has 0 aliphatic heterocycles. The van der Waals surface area contributed by atoms with Gasteiger partial charge in [-0.3, -0.25) is 4.90 Å². The second-order valence-corrected chi connectivity index (χ2v) is 5.11. The summed E-state index contributed by atoms with van der Waals surface area (Å²) in [6.07, 6.45) is 0.235. The van der Waals surface area contributed by atoms with E-state index in [2.05, 4.69) is 9.97 Å². The third kappa shape index (κ3) is 2.01. The lowest BCUT2D eigenvalue weighted by molar-refractivity contribution is 0.203. The Kier molecular flexibility index (Phi) is 3.29. The maximum Gasteiger partial charge on any atom is 0.411 e. The Balaban J connectivity index is 2.50. The predicted molar refractivity (Wildman–Crippen MR) is 81.5 cm³/mol. The molecule has 0 radical (unpaired) electrons. The maximum absolute atomic E-state index is 14.3. The summed E-state index contributed by atoms with van der Waals surface area (Å²) in [5, 5.41) is 10.5. The average Bonchev–Trinajstić information content (AvgIpc) is 2.84. The minimum atomic E-state index is -1.21. The molecule has 0 bridgehead atoms. The summed E-state index contributed by atoms with van der Waals surface area (Å²) in [5.74, 6) is -0.660. The minimum Gasteiger partial charge on any atom is -0.493 e. The number of methoxy groups -OCH3 is 1. The zero-order valence-corrected chi connectivity index (χ0v) is 12.4. The smallest absolute Gasteiger partial charge is 0.411 e. The van der Waals surface area contributed by atoms with E-state index in [9.17, 15) is 9.18 Å². The Morgan fingerprint density at radius 1 is 1.50 bits per heavy atom. The SMILES string of the molecule is COc1c(F)cc(N(C)C(=O)O)c2[nH]c3ncc(Cl)cc3c12. The van der Waals surface area contributed by atoms with Gasteiger partial charge in [-0.25, -0.2) is 14.2 Å². The maximum atomic E-state index is 14.3. The molecule has 3 aromatic rings. The van der Waals surface area contributed by atoms with E-state index in [1.807, 2.05) is 0 Å². The summed E-state index contributed by atoms with van der Waals surface area (Å²) in [7, 11) is 2.67. The Morgan fingerprint density at radius 3 is 2.86 bits per heavy atom. The number of carbonyl (C=O) groups is 1. The number of hydrogen-bond donors (Lipinski definition) is 2. The molecule has 0 atom stereocenters. The quantitative estimate of drug-likeness (QED) is 0.754. The van der Waals surface area contributed by atoms with Crippen LogP contribution in [0.25, 0.3) is 21.9 Å². The fraction of sp³-hybridized carbons (Fsp3) is 0.143. The number of aromatic nitrogens is 2. The average molecular weight is 324 g/mol. The van der Waals surface area contributed by atoms with Crippen LogP contribution in [-0.2, 0) is 0 Å². The van der Waals surface area contributed by atoms with Crippen molar-refractivity contribution in [3.8, 4) is 5.75 Å². The zero-order chi connectivity index (χ0) is 16.0. The van der Waals surface area contributed by atoms with Crippen LogP contribution in [0.15, 0.2) is 18.3 Å². The third-order valence-corrected chi connectivity index (χ3v) is 3.64. The highest BCUT2D eigenvalue weighted by Gasteiger charge is 2.22. The van der Waals surface area contributed by atoms with Gasteiger partial charge in [0.25, 0.3) is 0 Å². The molecule has 114 valence electrons. The topological polar surface area (TPSA) is 78.5 Å². The number of H-pyrrole nitrogens is 1. The molecule has 0 saturated heterocycles. The van der Waals surface area contributed by atoms with Gasteiger partial charge in [-0.2, -0.15) is 0 Å². The zero-order valence-electron chi connectivity index (χ0n) is 11.6. The number of ether oxygens (including phenoxy) is 1. The lowest BCUT2D eigenvalue weighted by atomic mass is 10.1. The van der Waals surface area contributed by atoms with Crippen molar-refractivity contribution in [2.75, 3.05) is 19.1 Å². The van der Waals surface area contributed by atoms with Gasteiger partial charge < -0.3 is 14.8 Å². The second-order valence-electron chi connectivity index (χ2n) is 4.68. The number of nitrogens with one attached hydrogen (secondary N) is 1. The number of fused-ring (bicyclic) bond motifs is 3. The van der Waals surface area contributed by atoms with Crippen molar-refractivity contribution in [2.45, 2.75) is 0 Å². The van der Waals surface area contributed by atoms with Crippen LogP contribution < -0.4 is 9.64 Å². The molecule has 0 aliphatic rings. The summed E-state index contributed by atoms with van der Waals surface area (Å²) >= 11 is 5.95. The summed E-state index contributed by atoms with van der Waals surface area (Å²) in [4.78, 5) is 19.2. The predicted octanol–water partition coefficient (Wildman–Crippen LogP) is 3.63. The van der Waals surface area contributed by atoms with Crippen LogP contribution in [0.5, 0.6) is 5.75 Å². The molecular formula is C14H11ClFN3O3. The fourth-order valence-electron chi connectivity index (χ4n) is 2.42. The van der Waals surface area contributed by atoms with E-state index in [1.54, 1.807) is 6.07 Å². The van der Waals surface area contributed by atoms with Crippen molar-refractivity contribution in [3.63, 3.8) is 0 Å². The largest absolute Gasteiger partial charge is 0.493 e. The number of pyridine rings is 1. The Bertz CT molecular complexity index is 909. The number of carboxylic acid groups (broad SMARTS) is 1. The molecule has 0 saturated carbocycles. The van der Waals surface area contributed by atoms with Gasteiger partial charge in [0, 0.05) is 24.7 Å². The van der Waals surface area contributed by atoms with E-state index in [-0.39, 0.29) is 11.4 Å². The van der Waals surface area contributed by atoms with Gasteiger partial charge in [-0.15, -0.1) is 0 Å². The van der Waals surface area contributed by atoms with Crippen molar-refractivity contribution in [3.05, 3.63) is 29.2 Å². The molecule has 8 heteroatoms. The number of benzene rings is 1. The lowest BCUT2D eigenvalue weighted by Gasteiger charge is -2.16. The molecule has 0 aliphatic carbocycles. The van der Waals surface area contributed by atoms with Crippen molar-refractivity contribution in [1.29, 1.82) is 0 Å². The van der Waals surface area contributed by atoms with E-state index in [0.717, 1.165) is 11.0 Å². The van der Waals surface area contributed by atoms with Gasteiger partial charge in [-0.05, 0) is 6.07 Å². The Labute approximate surface area is 129 Å². The molecule has 22 heavy (non-hydrogen) atoms. The first-order valence-corrected chi connectivity index (χ1v) is 6.62. The van der Waals surface area contributed by atoms with E-state index < -0.39 is 11.9 Å². The standard InChI is InChI=1S/C14H11ClFN3O3/c1-19(14(20)21)9-4-8(16)12(22-2)10-7-3-6(15)5-17-13(7)18-11(9)10/h3-5H,1-2H3,(H,17,18)(H,20,21). The van der Waals surface area contributed by atoms with E-state index in [4.69, 9.17) is 21.4 Å². The lowest BCUT2D eigenvalue weighted by Crippen LogP contribution is -2.24. The van der Waals surface area contributed by atoms with Crippen LogP contribution in [0.2, 0.25) is 5.02 Å². The minimum absolute atomic E-state index is 0.00727. The summed E-state index contributed by atoms with van der Waals surface area (Å²) in [6, 6.07) is 2.72. The van der Waals surface area contributed by atoms with E-state index in [0.29, 0.717) is 27.0 Å². The molecular weight excluding hydrogens is 313 g/mol. The first kappa shape index (κ1) is 14.4. The van der Waals surface area contributed by atoms with E-state index in [1.165, 1.54) is 20.4 Å². The van der Waals surface area contributed by atoms with Gasteiger partial charge in [0.15, 0.2) is 11.6 Å². The highest BCUT2D eigenvalue weighted by molar-refractivity contribution is 6.31. The number of anilines is 1. The molecule has 2 heterocycles. The van der Waals surface area contributed by atoms with Gasteiger partial charge in [0.2, 0.25) is 0 Å². The molecule has 1 amide bonds. The van der Waals surface area contributed by atoms with Crippen LogP contribution in [0.3, 0.4) is 0 Å². The number of nitrogens with zero attached hydrogens (tertiary/aromatic N) is 2. The van der Waals surface area contributed by atoms with Gasteiger partial charge in [-0.1, -0.05) is 11.6 Å². The number of aromatic amines is 1. The first-order valence-electron chi connectivity index (χ1n) is 6.24. The van der Waals surface area contributed by atoms with Crippen LogP contribution in [0.1, 0.15) is 0 Å². The molecule has 0 spiro atoms. The number of rotatable bonds is 2. The summed E-state index contributed by atoms with van der Waals surface area (Å²) < 4.78 is 19.4. The molecule has 1 aromatic carbocycles. The summed E-state index contributed by atoms with van der Waals surface area (Å²) in [6.45, 7) is 0. The van der Waals surface area contributed by atoms with Gasteiger partial charge >= 0.3 is 6.09 Å². The molecule has 6 nitrogen and oxygen atoms in total. The van der Waals surface area contributed by atoms with Gasteiger partial charge in [0.05, 0.1) is 28.7 Å². The van der Waals surface area contributed by atoms with Crippen LogP contribution in [0, 0.1) is 5.82 Å². The van der Waals surface area contributed by atoms with Crippen molar-refractivity contribution < 1.29 is 19.0 Å². The van der Waals surface area contributed by atoms with Crippen molar-refractivity contribution >= 4 is 45.3 Å². The Morgan fingerprint density at radius 2 is 2.23 bits per heavy atom. The Hall–Kier alpha value is -2.54.